The fourth-order valence-corrected chi connectivity index (χ4v) is 5.31. The molecule has 3 aliphatic heterocycles. The summed E-state index contributed by atoms with van der Waals surface area (Å²) in [5.41, 5.74) is 0.527. The lowest BCUT2D eigenvalue weighted by Crippen LogP contribution is -2.52. The number of fused-ring (bicyclic) bond motifs is 1. The maximum Gasteiger partial charge on any atom is 0.286 e. The number of hydrogen-bond acceptors (Lipinski definition) is 9. The maximum atomic E-state index is 13.1. The number of nitrogens with zero attached hydrogens (tertiary/aromatic N) is 5. The molecule has 2 aromatic rings. The number of nitrogens with one attached hydrogen (secondary N) is 1. The number of aromatic nitrogens is 2. The molecule has 1 aromatic heterocycles. The lowest BCUT2D eigenvalue weighted by molar-refractivity contribution is -0.138. The summed E-state index contributed by atoms with van der Waals surface area (Å²) in [6.07, 6.45) is 1.53. The van der Waals surface area contributed by atoms with Gasteiger partial charge in [0.05, 0.1) is 5.92 Å². The molecule has 4 heterocycles. The van der Waals surface area contributed by atoms with Gasteiger partial charge in [-0.2, -0.15) is 0 Å². The van der Waals surface area contributed by atoms with E-state index in [0.717, 1.165) is 56.9 Å². The Morgan fingerprint density at radius 2 is 1.80 bits per heavy atom. The molecule has 1 unspecified atom stereocenters. The van der Waals surface area contributed by atoms with Gasteiger partial charge in [-0.3, -0.25) is 14.4 Å². The fourth-order valence-electron chi connectivity index (χ4n) is 4.60. The number of amides is 3. The van der Waals surface area contributed by atoms with Gasteiger partial charge in [0.2, 0.25) is 22.7 Å². The van der Waals surface area contributed by atoms with Gasteiger partial charge < -0.3 is 29.5 Å². The Morgan fingerprint density at radius 1 is 1.03 bits per heavy atom. The van der Waals surface area contributed by atoms with Crippen LogP contribution in [-0.4, -0.2) is 95.2 Å². The van der Waals surface area contributed by atoms with Crippen molar-refractivity contribution in [3.8, 4) is 11.5 Å². The highest BCUT2D eigenvalue weighted by Crippen LogP contribution is 2.34. The van der Waals surface area contributed by atoms with E-state index in [4.69, 9.17) is 9.47 Å². The van der Waals surface area contributed by atoms with Crippen LogP contribution in [0.3, 0.4) is 0 Å². The molecule has 12 heteroatoms. The minimum atomic E-state index is -0.460. The predicted octanol–water partition coefficient (Wildman–Crippen LogP) is 1.54. The molecular weight excluding hydrogens is 472 g/mol. The number of likely N-dealkylation sites (tertiary alicyclic amines) is 1. The standard InChI is InChI=1S/C23H28N6O5S/c1-2-27-8-10-28(11-9-27)22(31)15-4-3-7-29(13-15)23(32)21-26-25-20(35-21)19(30)24-16-5-6-17-18(12-16)34-14-33-17/h5-6,12,15H,2-4,7-11,13-14H2,1H3,(H,24,30). The van der Waals surface area contributed by atoms with Crippen molar-refractivity contribution in [3.05, 3.63) is 28.2 Å². The SMILES string of the molecule is CCN1CCN(C(=O)C2CCCN(C(=O)c3nnc(C(=O)Nc4ccc5c(c4)OCO5)s3)C2)CC1. The van der Waals surface area contributed by atoms with E-state index in [-0.39, 0.29) is 34.5 Å². The van der Waals surface area contributed by atoms with Crippen molar-refractivity contribution in [2.24, 2.45) is 5.92 Å². The number of carbonyl (C=O) groups is 3. The van der Waals surface area contributed by atoms with E-state index in [2.05, 4.69) is 27.3 Å². The summed E-state index contributed by atoms with van der Waals surface area (Å²) in [5.74, 6) is 0.337. The highest BCUT2D eigenvalue weighted by molar-refractivity contribution is 7.15. The van der Waals surface area contributed by atoms with Crippen molar-refractivity contribution < 1.29 is 23.9 Å². The largest absolute Gasteiger partial charge is 0.454 e. The van der Waals surface area contributed by atoms with Crippen molar-refractivity contribution in [1.29, 1.82) is 0 Å². The smallest absolute Gasteiger partial charge is 0.286 e. The van der Waals surface area contributed by atoms with Crippen molar-refractivity contribution >= 4 is 34.7 Å². The van der Waals surface area contributed by atoms with Gasteiger partial charge in [-0.15, -0.1) is 10.2 Å². The average Bonchev–Trinajstić information content (AvgIpc) is 3.58. The third kappa shape index (κ3) is 5.08. The maximum absolute atomic E-state index is 13.1. The Labute approximate surface area is 207 Å². The molecule has 0 spiro atoms. The van der Waals surface area contributed by atoms with Crippen LogP contribution < -0.4 is 14.8 Å². The van der Waals surface area contributed by atoms with Gasteiger partial charge in [0.25, 0.3) is 11.8 Å². The molecule has 11 nitrogen and oxygen atoms in total. The number of benzene rings is 1. The minimum absolute atomic E-state index is 0.0875. The molecule has 1 atom stereocenters. The topological polar surface area (TPSA) is 117 Å². The van der Waals surface area contributed by atoms with Crippen LogP contribution >= 0.6 is 11.3 Å². The molecule has 0 saturated carbocycles. The Morgan fingerprint density at radius 3 is 2.60 bits per heavy atom. The molecule has 0 aliphatic carbocycles. The summed E-state index contributed by atoms with van der Waals surface area (Å²) in [5, 5.41) is 10.8. The van der Waals surface area contributed by atoms with Crippen molar-refractivity contribution in [3.63, 3.8) is 0 Å². The number of carbonyl (C=O) groups excluding carboxylic acids is 3. The summed E-state index contributed by atoms with van der Waals surface area (Å²) in [6, 6.07) is 5.08. The summed E-state index contributed by atoms with van der Waals surface area (Å²) in [4.78, 5) is 44.7. The molecule has 1 N–H and O–H groups in total. The van der Waals surface area contributed by atoms with E-state index in [0.29, 0.717) is 30.3 Å². The minimum Gasteiger partial charge on any atom is -0.454 e. The van der Waals surface area contributed by atoms with Gasteiger partial charge in [-0.05, 0) is 31.5 Å². The molecule has 0 radical (unpaired) electrons. The van der Waals surface area contributed by atoms with E-state index < -0.39 is 5.91 Å². The predicted molar refractivity (Wildman–Crippen MR) is 128 cm³/mol. The molecule has 2 saturated heterocycles. The number of likely N-dealkylation sites (N-methyl/N-ethyl adjacent to an activating group) is 1. The van der Waals surface area contributed by atoms with E-state index in [1.807, 2.05) is 4.90 Å². The zero-order chi connectivity index (χ0) is 24.4. The van der Waals surface area contributed by atoms with Crippen LogP contribution in [0.5, 0.6) is 11.5 Å². The molecule has 2 fully saturated rings. The molecule has 35 heavy (non-hydrogen) atoms. The zero-order valence-electron chi connectivity index (χ0n) is 19.6. The zero-order valence-corrected chi connectivity index (χ0v) is 20.4. The summed E-state index contributed by atoms with van der Waals surface area (Å²) >= 11 is 0.946. The molecule has 186 valence electrons. The van der Waals surface area contributed by atoms with Crippen molar-refractivity contribution in [1.82, 2.24) is 24.9 Å². The Kier molecular flexibility index (Phi) is 6.82. The highest BCUT2D eigenvalue weighted by atomic mass is 32.1. The van der Waals surface area contributed by atoms with Crippen LogP contribution in [0.1, 0.15) is 39.4 Å². The average molecular weight is 501 g/mol. The number of anilines is 1. The third-order valence-corrected chi connectivity index (χ3v) is 7.53. The lowest BCUT2D eigenvalue weighted by atomic mass is 9.96. The Hall–Kier alpha value is -3.25. The van der Waals surface area contributed by atoms with Gasteiger partial charge in [-0.25, -0.2) is 0 Å². The number of rotatable bonds is 5. The second kappa shape index (κ2) is 10.2. The molecule has 3 aliphatic rings. The Bertz CT molecular complexity index is 1120. The van der Waals surface area contributed by atoms with E-state index in [9.17, 15) is 14.4 Å². The summed E-state index contributed by atoms with van der Waals surface area (Å²) in [6.45, 7) is 7.43. The third-order valence-electron chi connectivity index (χ3n) is 6.62. The molecular formula is C23H28N6O5S. The van der Waals surface area contributed by atoms with Crippen LogP contribution in [0.15, 0.2) is 18.2 Å². The van der Waals surface area contributed by atoms with Gasteiger partial charge in [-0.1, -0.05) is 18.3 Å². The molecule has 5 rings (SSSR count). The molecule has 3 amide bonds. The number of piperidine rings is 1. The van der Waals surface area contributed by atoms with Crippen LogP contribution in [0.4, 0.5) is 5.69 Å². The summed E-state index contributed by atoms with van der Waals surface area (Å²) < 4.78 is 10.6. The van der Waals surface area contributed by atoms with Gasteiger partial charge in [0, 0.05) is 51.0 Å². The van der Waals surface area contributed by atoms with Crippen LogP contribution in [0, 0.1) is 5.92 Å². The Balaban J connectivity index is 1.18. The molecule has 1 aromatic carbocycles. The van der Waals surface area contributed by atoms with E-state index in [1.165, 1.54) is 0 Å². The van der Waals surface area contributed by atoms with Gasteiger partial charge in [0.1, 0.15) is 0 Å². The number of ether oxygens (including phenoxy) is 2. The normalized spacial score (nSPS) is 20.1. The van der Waals surface area contributed by atoms with Crippen molar-refractivity contribution in [2.45, 2.75) is 19.8 Å². The van der Waals surface area contributed by atoms with Crippen molar-refractivity contribution in [2.75, 3.05) is 57.9 Å². The van der Waals surface area contributed by atoms with E-state index in [1.54, 1.807) is 23.1 Å². The lowest BCUT2D eigenvalue weighted by Gasteiger charge is -2.38. The molecule has 0 bridgehead atoms. The monoisotopic (exact) mass is 500 g/mol. The second-order valence-corrected chi connectivity index (χ2v) is 9.76. The van der Waals surface area contributed by atoms with Crippen LogP contribution in [0.25, 0.3) is 0 Å². The number of piperazine rings is 1. The first-order valence-electron chi connectivity index (χ1n) is 11.9. The summed E-state index contributed by atoms with van der Waals surface area (Å²) in [7, 11) is 0. The van der Waals surface area contributed by atoms with Gasteiger partial charge >= 0.3 is 0 Å². The number of hydrogen-bond donors (Lipinski definition) is 1. The second-order valence-electron chi connectivity index (χ2n) is 8.78. The quantitative estimate of drug-likeness (QED) is 0.657. The highest BCUT2D eigenvalue weighted by Gasteiger charge is 2.34. The first-order chi connectivity index (χ1) is 17.0. The van der Waals surface area contributed by atoms with Gasteiger partial charge in [0.15, 0.2) is 11.5 Å². The van der Waals surface area contributed by atoms with Crippen LogP contribution in [0.2, 0.25) is 0 Å². The van der Waals surface area contributed by atoms with E-state index >= 15 is 0 Å². The fraction of sp³-hybridized carbons (Fsp3) is 0.522. The first-order valence-corrected chi connectivity index (χ1v) is 12.7. The first kappa shape index (κ1) is 23.5. The van der Waals surface area contributed by atoms with Crippen LogP contribution in [-0.2, 0) is 4.79 Å².